The number of rotatable bonds is 4. The first-order chi connectivity index (χ1) is 11.8. The van der Waals surface area contributed by atoms with Crippen molar-refractivity contribution in [1.29, 1.82) is 0 Å². The zero-order valence-electron chi connectivity index (χ0n) is 13.2. The maximum absolute atomic E-state index is 11.9. The summed E-state index contributed by atoms with van der Waals surface area (Å²) in [6, 6.07) is 11.8. The molecule has 1 unspecified atom stereocenters. The molecule has 0 saturated carbocycles. The second kappa shape index (κ2) is 6.41. The number of ether oxygens (including phenoxy) is 1. The molecule has 0 aliphatic carbocycles. The maximum atomic E-state index is 11.9. The van der Waals surface area contributed by atoms with Crippen molar-refractivity contribution < 1.29 is 9.53 Å². The number of nitrogens with one attached hydrogen (secondary N) is 1. The van der Waals surface area contributed by atoms with Gasteiger partial charge >= 0.3 is 0 Å². The highest BCUT2D eigenvalue weighted by Crippen LogP contribution is 2.16. The van der Waals surface area contributed by atoms with Crippen LogP contribution in [-0.2, 0) is 16.1 Å². The Morgan fingerprint density at radius 2 is 2.17 bits per heavy atom. The van der Waals surface area contributed by atoms with Crippen LogP contribution in [0.1, 0.15) is 18.4 Å². The number of carbonyl (C=O) groups excluding carboxylic acids is 1. The van der Waals surface area contributed by atoms with Crippen LogP contribution in [0.4, 0.5) is 0 Å². The molecule has 1 amide bonds. The number of para-hydroxylation sites is 2. The molecule has 6 nitrogen and oxygen atoms in total. The third-order valence-corrected chi connectivity index (χ3v) is 4.20. The van der Waals surface area contributed by atoms with E-state index in [1.54, 1.807) is 12.5 Å². The van der Waals surface area contributed by atoms with E-state index >= 15 is 0 Å². The van der Waals surface area contributed by atoms with E-state index in [0.717, 1.165) is 35.3 Å². The number of amides is 1. The quantitative estimate of drug-likeness (QED) is 0.799. The Labute approximate surface area is 139 Å². The van der Waals surface area contributed by atoms with E-state index < -0.39 is 0 Å². The zero-order valence-corrected chi connectivity index (χ0v) is 13.2. The minimum absolute atomic E-state index is 0.0443. The SMILES string of the molecule is O=C(NCc1ccc(-n2cnc3ccccc32)nc1)C1CCCO1. The highest BCUT2D eigenvalue weighted by atomic mass is 16.5. The third kappa shape index (κ3) is 2.88. The number of aromatic nitrogens is 3. The molecule has 1 aromatic carbocycles. The predicted molar refractivity (Wildman–Crippen MR) is 89.7 cm³/mol. The Kier molecular flexibility index (Phi) is 3.96. The fourth-order valence-corrected chi connectivity index (χ4v) is 2.89. The molecule has 1 atom stereocenters. The Hall–Kier alpha value is -2.73. The van der Waals surface area contributed by atoms with Gasteiger partial charge in [0.2, 0.25) is 5.91 Å². The van der Waals surface area contributed by atoms with Gasteiger partial charge in [-0.1, -0.05) is 18.2 Å². The van der Waals surface area contributed by atoms with Gasteiger partial charge < -0.3 is 10.1 Å². The van der Waals surface area contributed by atoms with Crippen molar-refractivity contribution in [1.82, 2.24) is 19.9 Å². The fraction of sp³-hybridized carbons (Fsp3) is 0.278. The average Bonchev–Trinajstić information content (AvgIpc) is 3.30. The van der Waals surface area contributed by atoms with Gasteiger partial charge in [0.1, 0.15) is 18.2 Å². The molecule has 6 heteroatoms. The first-order valence-electron chi connectivity index (χ1n) is 8.08. The van der Waals surface area contributed by atoms with Crippen LogP contribution in [-0.4, -0.2) is 33.2 Å². The van der Waals surface area contributed by atoms with Crippen molar-refractivity contribution in [2.75, 3.05) is 6.61 Å². The maximum Gasteiger partial charge on any atom is 0.249 e. The second-order valence-corrected chi connectivity index (χ2v) is 5.85. The van der Waals surface area contributed by atoms with Crippen molar-refractivity contribution in [2.45, 2.75) is 25.5 Å². The predicted octanol–water partition coefficient (Wildman–Crippen LogP) is 2.22. The van der Waals surface area contributed by atoms with Crippen LogP contribution < -0.4 is 5.32 Å². The van der Waals surface area contributed by atoms with Gasteiger partial charge in [-0.3, -0.25) is 9.36 Å². The lowest BCUT2D eigenvalue weighted by Gasteiger charge is -2.10. The summed E-state index contributed by atoms with van der Waals surface area (Å²) in [5, 5.41) is 2.90. The minimum atomic E-state index is -0.297. The molecule has 2 aromatic heterocycles. The Morgan fingerprint density at radius 1 is 1.25 bits per heavy atom. The monoisotopic (exact) mass is 322 g/mol. The molecule has 0 spiro atoms. The van der Waals surface area contributed by atoms with Crippen LogP contribution in [0.15, 0.2) is 48.9 Å². The number of pyridine rings is 1. The molecule has 24 heavy (non-hydrogen) atoms. The van der Waals surface area contributed by atoms with Crippen LogP contribution in [0.3, 0.4) is 0 Å². The van der Waals surface area contributed by atoms with Crippen LogP contribution in [0.5, 0.6) is 0 Å². The number of hydrogen-bond donors (Lipinski definition) is 1. The number of benzene rings is 1. The van der Waals surface area contributed by atoms with Gasteiger partial charge in [-0.25, -0.2) is 9.97 Å². The number of carbonyl (C=O) groups is 1. The second-order valence-electron chi connectivity index (χ2n) is 5.85. The van der Waals surface area contributed by atoms with Gasteiger partial charge in [-0.05, 0) is 36.6 Å². The molecular weight excluding hydrogens is 304 g/mol. The smallest absolute Gasteiger partial charge is 0.249 e. The first-order valence-corrected chi connectivity index (χ1v) is 8.08. The highest BCUT2D eigenvalue weighted by molar-refractivity contribution is 5.81. The van der Waals surface area contributed by atoms with Crippen molar-refractivity contribution in [3.8, 4) is 5.82 Å². The van der Waals surface area contributed by atoms with E-state index in [1.807, 2.05) is 41.0 Å². The van der Waals surface area contributed by atoms with E-state index in [1.165, 1.54) is 0 Å². The topological polar surface area (TPSA) is 69.0 Å². The fourth-order valence-electron chi connectivity index (χ4n) is 2.89. The van der Waals surface area contributed by atoms with Gasteiger partial charge in [0.15, 0.2) is 0 Å². The zero-order chi connectivity index (χ0) is 16.4. The molecule has 0 radical (unpaired) electrons. The summed E-state index contributed by atoms with van der Waals surface area (Å²) in [4.78, 5) is 20.8. The largest absolute Gasteiger partial charge is 0.368 e. The molecule has 1 fully saturated rings. The number of hydrogen-bond acceptors (Lipinski definition) is 4. The number of imidazole rings is 1. The van der Waals surface area contributed by atoms with Gasteiger partial charge in [0.05, 0.1) is 11.0 Å². The number of fused-ring (bicyclic) bond motifs is 1. The molecule has 1 saturated heterocycles. The molecule has 0 bridgehead atoms. The molecule has 122 valence electrons. The normalized spacial score (nSPS) is 17.2. The molecule has 4 rings (SSSR count). The van der Waals surface area contributed by atoms with Crippen molar-refractivity contribution >= 4 is 16.9 Å². The standard InChI is InChI=1S/C18H18N4O2/c23-18(16-6-3-9-24-16)20-11-13-7-8-17(19-10-13)22-12-21-14-4-1-2-5-15(14)22/h1-2,4-5,7-8,10,12,16H,3,6,9,11H2,(H,20,23). The molecular formula is C18H18N4O2. The minimum Gasteiger partial charge on any atom is -0.368 e. The van der Waals surface area contributed by atoms with Crippen molar-refractivity contribution in [3.05, 3.63) is 54.5 Å². The summed E-state index contributed by atoms with van der Waals surface area (Å²) < 4.78 is 7.32. The summed E-state index contributed by atoms with van der Waals surface area (Å²) in [5.41, 5.74) is 2.91. The summed E-state index contributed by atoms with van der Waals surface area (Å²) in [6.45, 7) is 1.13. The van der Waals surface area contributed by atoms with E-state index in [4.69, 9.17) is 4.74 Å². The van der Waals surface area contributed by atoms with Crippen LogP contribution in [0, 0.1) is 0 Å². The van der Waals surface area contributed by atoms with Gasteiger partial charge in [0, 0.05) is 19.3 Å². The lowest BCUT2D eigenvalue weighted by molar-refractivity contribution is -0.130. The first kappa shape index (κ1) is 14.8. The van der Waals surface area contributed by atoms with Crippen molar-refractivity contribution in [2.24, 2.45) is 0 Å². The van der Waals surface area contributed by atoms with E-state index in [0.29, 0.717) is 13.2 Å². The summed E-state index contributed by atoms with van der Waals surface area (Å²) in [5.74, 6) is 0.759. The Balaban J connectivity index is 1.45. The highest BCUT2D eigenvalue weighted by Gasteiger charge is 2.22. The third-order valence-electron chi connectivity index (χ3n) is 4.20. The van der Waals surface area contributed by atoms with Crippen LogP contribution >= 0.6 is 0 Å². The lowest BCUT2D eigenvalue weighted by Crippen LogP contribution is -2.33. The van der Waals surface area contributed by atoms with Gasteiger partial charge in [-0.15, -0.1) is 0 Å². The molecule has 3 heterocycles. The van der Waals surface area contributed by atoms with Crippen LogP contribution in [0.25, 0.3) is 16.9 Å². The summed E-state index contributed by atoms with van der Waals surface area (Å²) in [6.07, 6.45) is 5.00. The van der Waals surface area contributed by atoms with E-state index in [2.05, 4.69) is 15.3 Å². The summed E-state index contributed by atoms with van der Waals surface area (Å²) in [7, 11) is 0. The Bertz CT molecular complexity index is 851. The molecule has 1 N–H and O–H groups in total. The van der Waals surface area contributed by atoms with Gasteiger partial charge in [0.25, 0.3) is 0 Å². The van der Waals surface area contributed by atoms with Gasteiger partial charge in [-0.2, -0.15) is 0 Å². The number of nitrogens with zero attached hydrogens (tertiary/aromatic N) is 3. The molecule has 3 aromatic rings. The lowest BCUT2D eigenvalue weighted by atomic mass is 10.2. The molecule has 1 aliphatic rings. The van der Waals surface area contributed by atoms with Crippen LogP contribution in [0.2, 0.25) is 0 Å². The Morgan fingerprint density at radius 3 is 2.96 bits per heavy atom. The van der Waals surface area contributed by atoms with Crippen molar-refractivity contribution in [3.63, 3.8) is 0 Å². The summed E-state index contributed by atoms with van der Waals surface area (Å²) >= 11 is 0. The average molecular weight is 322 g/mol. The van der Waals surface area contributed by atoms with E-state index in [9.17, 15) is 4.79 Å². The molecule has 1 aliphatic heterocycles. The van der Waals surface area contributed by atoms with E-state index in [-0.39, 0.29) is 12.0 Å².